The highest BCUT2D eigenvalue weighted by Crippen LogP contribution is 2.29. The SMILES string of the molecule is Cc1cc(C(=O)Nc2sccc2C#N)sc1Br. The van der Waals surface area contributed by atoms with Crippen LogP contribution in [0.15, 0.2) is 21.3 Å². The Kier molecular flexibility index (Phi) is 3.62. The van der Waals surface area contributed by atoms with Crippen LogP contribution in [0.5, 0.6) is 0 Å². The van der Waals surface area contributed by atoms with E-state index in [-0.39, 0.29) is 5.91 Å². The van der Waals surface area contributed by atoms with Gasteiger partial charge in [-0.3, -0.25) is 4.79 Å². The van der Waals surface area contributed by atoms with Gasteiger partial charge in [-0.2, -0.15) is 5.26 Å². The Labute approximate surface area is 115 Å². The lowest BCUT2D eigenvalue weighted by atomic mass is 10.3. The molecule has 0 atom stereocenters. The largest absolute Gasteiger partial charge is 0.312 e. The number of nitriles is 1. The highest BCUT2D eigenvalue weighted by molar-refractivity contribution is 9.11. The third kappa shape index (κ3) is 2.57. The zero-order valence-corrected chi connectivity index (χ0v) is 12.0. The van der Waals surface area contributed by atoms with Crippen molar-refractivity contribution in [3.8, 4) is 6.07 Å². The van der Waals surface area contributed by atoms with E-state index in [4.69, 9.17) is 5.26 Å². The number of nitrogens with one attached hydrogen (secondary N) is 1. The Balaban J connectivity index is 2.20. The topological polar surface area (TPSA) is 52.9 Å². The molecule has 17 heavy (non-hydrogen) atoms. The fraction of sp³-hybridized carbons (Fsp3) is 0.0909. The van der Waals surface area contributed by atoms with Gasteiger partial charge in [-0.1, -0.05) is 0 Å². The molecule has 0 saturated carbocycles. The van der Waals surface area contributed by atoms with Crippen molar-refractivity contribution in [2.45, 2.75) is 6.92 Å². The summed E-state index contributed by atoms with van der Waals surface area (Å²) in [6, 6.07) is 5.55. The predicted molar refractivity (Wildman–Crippen MR) is 73.7 cm³/mol. The Bertz CT molecular complexity index is 590. The molecule has 6 heteroatoms. The van der Waals surface area contributed by atoms with Gasteiger partial charge in [0.15, 0.2) is 0 Å². The first-order chi connectivity index (χ1) is 8.11. The minimum atomic E-state index is -0.178. The van der Waals surface area contributed by atoms with E-state index in [0.29, 0.717) is 15.4 Å². The quantitative estimate of drug-likeness (QED) is 0.906. The van der Waals surface area contributed by atoms with Crippen molar-refractivity contribution in [3.63, 3.8) is 0 Å². The van der Waals surface area contributed by atoms with Crippen LogP contribution < -0.4 is 5.32 Å². The molecule has 2 rings (SSSR count). The molecule has 0 aliphatic rings. The summed E-state index contributed by atoms with van der Waals surface area (Å²) in [4.78, 5) is 12.6. The van der Waals surface area contributed by atoms with Gasteiger partial charge in [0.2, 0.25) is 0 Å². The Morgan fingerprint density at radius 2 is 2.35 bits per heavy atom. The summed E-state index contributed by atoms with van der Waals surface area (Å²) in [7, 11) is 0. The smallest absolute Gasteiger partial charge is 0.266 e. The standard InChI is InChI=1S/C11H7BrN2OS2/c1-6-4-8(17-9(6)12)10(15)14-11-7(5-13)2-3-16-11/h2-4H,1H3,(H,14,15). The highest BCUT2D eigenvalue weighted by atomic mass is 79.9. The lowest BCUT2D eigenvalue weighted by molar-refractivity contribution is 0.103. The second-order valence-corrected chi connectivity index (χ2v) is 6.58. The number of hydrogen-bond donors (Lipinski definition) is 1. The monoisotopic (exact) mass is 326 g/mol. The number of rotatable bonds is 2. The number of halogens is 1. The number of thiophene rings is 2. The molecule has 0 spiro atoms. The second-order valence-electron chi connectivity index (χ2n) is 3.30. The van der Waals surface area contributed by atoms with Gasteiger partial charge < -0.3 is 5.32 Å². The summed E-state index contributed by atoms with van der Waals surface area (Å²) in [5.41, 5.74) is 1.53. The fourth-order valence-electron chi connectivity index (χ4n) is 1.23. The highest BCUT2D eigenvalue weighted by Gasteiger charge is 2.13. The predicted octanol–water partition coefficient (Wildman–Crippen LogP) is 4.00. The van der Waals surface area contributed by atoms with Crippen LogP contribution in [-0.2, 0) is 0 Å². The Morgan fingerprint density at radius 3 is 2.94 bits per heavy atom. The van der Waals surface area contributed by atoms with Crippen LogP contribution in [0.2, 0.25) is 0 Å². The summed E-state index contributed by atoms with van der Waals surface area (Å²) >= 11 is 6.11. The van der Waals surface area contributed by atoms with Crippen LogP contribution in [0.3, 0.4) is 0 Å². The van der Waals surface area contributed by atoms with Crippen LogP contribution in [0.25, 0.3) is 0 Å². The molecule has 2 heterocycles. The molecule has 0 saturated heterocycles. The molecule has 0 aliphatic carbocycles. The zero-order valence-electron chi connectivity index (χ0n) is 8.78. The van der Waals surface area contributed by atoms with Gasteiger partial charge in [-0.05, 0) is 45.9 Å². The maximum atomic E-state index is 11.9. The average molecular weight is 327 g/mol. The van der Waals surface area contributed by atoms with Crippen molar-refractivity contribution < 1.29 is 4.79 Å². The summed E-state index contributed by atoms with van der Waals surface area (Å²) in [5, 5.41) is 14.0. The Hall–Kier alpha value is -1.16. The van der Waals surface area contributed by atoms with Crippen LogP contribution in [0.4, 0.5) is 5.00 Å². The first-order valence-corrected chi connectivity index (χ1v) is 7.15. The molecular formula is C11H7BrN2OS2. The second kappa shape index (κ2) is 5.00. The van der Waals surface area contributed by atoms with Crippen LogP contribution in [0.1, 0.15) is 20.8 Å². The molecule has 0 fully saturated rings. The molecule has 0 bridgehead atoms. The van der Waals surface area contributed by atoms with Crippen molar-refractivity contribution in [3.05, 3.63) is 37.3 Å². The number of anilines is 1. The van der Waals surface area contributed by atoms with Gasteiger partial charge in [-0.15, -0.1) is 22.7 Å². The minimum Gasteiger partial charge on any atom is -0.312 e. The van der Waals surface area contributed by atoms with E-state index in [9.17, 15) is 4.79 Å². The lowest BCUT2D eigenvalue weighted by Gasteiger charge is -1.99. The van der Waals surface area contributed by atoms with E-state index in [1.54, 1.807) is 11.4 Å². The van der Waals surface area contributed by atoms with E-state index in [0.717, 1.165) is 9.35 Å². The molecule has 2 aromatic rings. The van der Waals surface area contributed by atoms with Crippen molar-refractivity contribution >= 4 is 49.5 Å². The van der Waals surface area contributed by atoms with Crippen molar-refractivity contribution in [1.82, 2.24) is 0 Å². The van der Waals surface area contributed by atoms with Gasteiger partial charge >= 0.3 is 0 Å². The molecule has 1 N–H and O–H groups in total. The third-order valence-electron chi connectivity index (χ3n) is 2.09. The van der Waals surface area contributed by atoms with E-state index >= 15 is 0 Å². The normalized spacial score (nSPS) is 9.94. The van der Waals surface area contributed by atoms with Gasteiger partial charge in [0, 0.05) is 0 Å². The minimum absolute atomic E-state index is 0.178. The van der Waals surface area contributed by atoms with E-state index in [2.05, 4.69) is 21.2 Å². The molecule has 3 nitrogen and oxygen atoms in total. The number of amides is 1. The number of hydrogen-bond acceptors (Lipinski definition) is 4. The van der Waals surface area contributed by atoms with Crippen LogP contribution >= 0.6 is 38.6 Å². The third-order valence-corrected chi connectivity index (χ3v) is 5.06. The van der Waals surface area contributed by atoms with Crippen molar-refractivity contribution in [2.75, 3.05) is 5.32 Å². The van der Waals surface area contributed by atoms with Crippen LogP contribution in [0, 0.1) is 18.3 Å². The Morgan fingerprint density at radius 1 is 1.59 bits per heavy atom. The zero-order chi connectivity index (χ0) is 12.4. The summed E-state index contributed by atoms with van der Waals surface area (Å²) in [5.74, 6) is -0.178. The van der Waals surface area contributed by atoms with Gasteiger partial charge in [0.25, 0.3) is 5.91 Å². The molecule has 0 aliphatic heterocycles. The first kappa shape index (κ1) is 12.3. The maximum Gasteiger partial charge on any atom is 0.266 e. The van der Waals surface area contributed by atoms with Gasteiger partial charge in [-0.25, -0.2) is 0 Å². The van der Waals surface area contributed by atoms with E-state index in [1.807, 2.05) is 19.1 Å². The van der Waals surface area contributed by atoms with Gasteiger partial charge in [0.1, 0.15) is 11.1 Å². The van der Waals surface area contributed by atoms with Gasteiger partial charge in [0.05, 0.1) is 14.2 Å². The van der Waals surface area contributed by atoms with Crippen molar-refractivity contribution in [1.29, 1.82) is 5.26 Å². The molecule has 0 radical (unpaired) electrons. The number of carbonyl (C=O) groups is 1. The van der Waals surface area contributed by atoms with Crippen molar-refractivity contribution in [2.24, 2.45) is 0 Å². The summed E-state index contributed by atoms with van der Waals surface area (Å²) < 4.78 is 0.953. The van der Waals surface area contributed by atoms with E-state index < -0.39 is 0 Å². The molecule has 0 aromatic carbocycles. The summed E-state index contributed by atoms with van der Waals surface area (Å²) in [6.45, 7) is 1.93. The van der Waals surface area contributed by atoms with E-state index in [1.165, 1.54) is 22.7 Å². The molecule has 2 aromatic heterocycles. The number of aryl methyl sites for hydroxylation is 1. The first-order valence-electron chi connectivity index (χ1n) is 4.66. The summed E-state index contributed by atoms with van der Waals surface area (Å²) in [6.07, 6.45) is 0. The molecular weight excluding hydrogens is 320 g/mol. The molecule has 86 valence electrons. The number of nitrogens with zero attached hydrogens (tertiary/aromatic N) is 1. The maximum absolute atomic E-state index is 11.9. The van der Waals surface area contributed by atoms with Crippen LogP contribution in [-0.4, -0.2) is 5.91 Å². The molecule has 1 amide bonds. The fourth-order valence-corrected chi connectivity index (χ4v) is 3.39. The average Bonchev–Trinajstić information content (AvgIpc) is 2.86. The lowest BCUT2D eigenvalue weighted by Crippen LogP contribution is -2.09. The molecule has 0 unspecified atom stereocenters. The number of carbonyl (C=O) groups excluding carboxylic acids is 1.